The molecular weight excluding hydrogens is 665 g/mol. The third-order valence-electron chi connectivity index (χ3n) is 11.3. The lowest BCUT2D eigenvalue weighted by atomic mass is 9.81. The molecule has 2 nitrogen and oxygen atoms in total. The molecule has 2 heteroatoms. The Bertz CT molecular complexity index is 2870. The van der Waals surface area contributed by atoms with Crippen LogP contribution in [0.25, 0.3) is 89.2 Å². The van der Waals surface area contributed by atoms with E-state index in [1.165, 1.54) is 49.7 Å². The summed E-state index contributed by atoms with van der Waals surface area (Å²) in [6.45, 7) is 4.71. The minimum absolute atomic E-state index is 0.0739. The molecule has 1 heterocycles. The van der Waals surface area contributed by atoms with Gasteiger partial charge in [-0.2, -0.15) is 0 Å². The normalized spacial score (nSPS) is 12.7. The first-order valence-corrected chi connectivity index (χ1v) is 19.0. The molecule has 0 saturated carbocycles. The Kier molecular flexibility index (Phi) is 7.85. The molecule has 9 aromatic rings. The van der Waals surface area contributed by atoms with E-state index >= 15 is 0 Å². The van der Waals surface area contributed by atoms with E-state index in [-0.39, 0.29) is 5.41 Å². The predicted octanol–water partition coefficient (Wildman–Crippen LogP) is 13.9. The third kappa shape index (κ3) is 5.93. The molecule has 1 aliphatic rings. The van der Waals surface area contributed by atoms with Gasteiger partial charge in [0.1, 0.15) is 0 Å². The molecule has 0 aliphatic heterocycles. The van der Waals surface area contributed by atoms with Gasteiger partial charge >= 0.3 is 0 Å². The van der Waals surface area contributed by atoms with Crippen LogP contribution in [0.4, 0.5) is 0 Å². The molecule has 0 atom stereocenters. The van der Waals surface area contributed by atoms with Gasteiger partial charge in [-0.3, -0.25) is 0 Å². The molecule has 8 aromatic carbocycles. The number of benzene rings is 8. The number of nitrogens with zero attached hydrogens (tertiary/aromatic N) is 2. The van der Waals surface area contributed by atoms with Crippen LogP contribution in [0.5, 0.6) is 0 Å². The molecule has 0 amide bonds. The summed E-state index contributed by atoms with van der Waals surface area (Å²) in [6.07, 6.45) is 0. The highest BCUT2D eigenvalue weighted by Gasteiger charge is 2.35. The topological polar surface area (TPSA) is 25.8 Å². The molecule has 0 radical (unpaired) electrons. The highest BCUT2D eigenvalue weighted by atomic mass is 14.9. The van der Waals surface area contributed by atoms with Crippen molar-refractivity contribution in [3.63, 3.8) is 0 Å². The zero-order valence-corrected chi connectivity index (χ0v) is 30.9. The van der Waals surface area contributed by atoms with Gasteiger partial charge in [-0.15, -0.1) is 0 Å². The van der Waals surface area contributed by atoms with Gasteiger partial charge in [0.15, 0.2) is 5.82 Å². The van der Waals surface area contributed by atoms with Crippen molar-refractivity contribution in [3.05, 3.63) is 205 Å². The van der Waals surface area contributed by atoms with Gasteiger partial charge in [-0.1, -0.05) is 172 Å². The average Bonchev–Trinajstić information content (AvgIpc) is 3.47. The minimum Gasteiger partial charge on any atom is -0.228 e. The first-order valence-electron chi connectivity index (χ1n) is 19.0. The van der Waals surface area contributed by atoms with Crippen LogP contribution < -0.4 is 0 Å². The summed E-state index contributed by atoms with van der Waals surface area (Å²) in [5, 5.41) is 2.59. The summed E-state index contributed by atoms with van der Waals surface area (Å²) in [7, 11) is 0. The van der Waals surface area contributed by atoms with E-state index in [0.717, 1.165) is 44.8 Å². The van der Waals surface area contributed by atoms with Crippen LogP contribution >= 0.6 is 0 Å². The van der Waals surface area contributed by atoms with E-state index in [0.29, 0.717) is 5.82 Å². The lowest BCUT2D eigenvalue weighted by molar-refractivity contribution is 0.661. The van der Waals surface area contributed by atoms with Crippen LogP contribution in [0.3, 0.4) is 0 Å². The molecule has 55 heavy (non-hydrogen) atoms. The molecule has 10 rings (SSSR count). The molecule has 0 N–H and O–H groups in total. The van der Waals surface area contributed by atoms with Crippen molar-refractivity contribution in [2.24, 2.45) is 0 Å². The number of hydrogen-bond donors (Lipinski definition) is 0. The average molecular weight is 703 g/mol. The van der Waals surface area contributed by atoms with E-state index < -0.39 is 0 Å². The molecule has 260 valence electrons. The van der Waals surface area contributed by atoms with Crippen LogP contribution in [0.15, 0.2) is 194 Å². The summed E-state index contributed by atoms with van der Waals surface area (Å²) >= 11 is 0. The highest BCUT2D eigenvalue weighted by Crippen LogP contribution is 2.51. The van der Waals surface area contributed by atoms with Crippen LogP contribution in [0, 0.1) is 0 Å². The van der Waals surface area contributed by atoms with Crippen molar-refractivity contribution >= 4 is 10.8 Å². The Hall–Kier alpha value is -6.90. The van der Waals surface area contributed by atoms with Crippen LogP contribution in [0.2, 0.25) is 0 Å². The number of aromatic nitrogens is 2. The van der Waals surface area contributed by atoms with Crippen molar-refractivity contribution < 1.29 is 0 Å². The Morgan fingerprint density at radius 2 is 0.764 bits per heavy atom. The smallest absolute Gasteiger partial charge is 0.160 e. The van der Waals surface area contributed by atoms with Gasteiger partial charge in [-0.05, 0) is 103 Å². The molecule has 0 fully saturated rings. The van der Waals surface area contributed by atoms with Gasteiger partial charge in [0, 0.05) is 22.1 Å². The molecule has 1 aromatic heterocycles. The van der Waals surface area contributed by atoms with E-state index in [1.54, 1.807) is 0 Å². The monoisotopic (exact) mass is 702 g/mol. The van der Waals surface area contributed by atoms with Crippen molar-refractivity contribution in [3.8, 4) is 78.4 Å². The maximum atomic E-state index is 5.18. The fourth-order valence-corrected chi connectivity index (χ4v) is 8.26. The van der Waals surface area contributed by atoms with E-state index in [4.69, 9.17) is 9.97 Å². The second-order valence-electron chi connectivity index (χ2n) is 15.1. The second kappa shape index (κ2) is 13.2. The second-order valence-corrected chi connectivity index (χ2v) is 15.1. The minimum atomic E-state index is -0.0739. The van der Waals surface area contributed by atoms with Crippen molar-refractivity contribution in [2.45, 2.75) is 19.3 Å². The van der Waals surface area contributed by atoms with Crippen LogP contribution in [-0.4, -0.2) is 9.97 Å². The number of hydrogen-bond acceptors (Lipinski definition) is 2. The van der Waals surface area contributed by atoms with Crippen LogP contribution in [-0.2, 0) is 5.41 Å². The molecule has 0 bridgehead atoms. The fraction of sp³-hybridized carbons (Fsp3) is 0.0566. The van der Waals surface area contributed by atoms with E-state index in [1.807, 2.05) is 12.1 Å². The number of rotatable bonds is 6. The first kappa shape index (κ1) is 32.7. The summed E-state index contributed by atoms with van der Waals surface area (Å²) in [6, 6.07) is 69.6. The van der Waals surface area contributed by atoms with Gasteiger partial charge in [0.25, 0.3) is 0 Å². The lowest BCUT2D eigenvalue weighted by Crippen LogP contribution is -2.15. The SMILES string of the molecule is CC1(C)c2cc(-c3ccc(-c4cccc(-c5nc(-c6ccccc6)cc(-c6cccc(-c7ccccc7)c6)n5)c4)cc3)ccc2-c2cc3ccccc3cc21. The molecule has 1 aliphatic carbocycles. The Morgan fingerprint density at radius 3 is 1.44 bits per heavy atom. The summed E-state index contributed by atoms with van der Waals surface area (Å²) in [5.74, 6) is 0.703. The van der Waals surface area contributed by atoms with Gasteiger partial charge in [-0.25, -0.2) is 9.97 Å². The Balaban J connectivity index is 0.985. The Labute approximate surface area is 322 Å². The van der Waals surface area contributed by atoms with E-state index in [2.05, 4.69) is 196 Å². The fourth-order valence-electron chi connectivity index (χ4n) is 8.26. The molecule has 0 spiro atoms. The maximum absolute atomic E-state index is 5.18. The standard InChI is InChI=1S/C53H38N2/c1-53(2)48-33-43(27-28-46(48)47-31-41-17-9-10-18-42(41)32-49(47)53)37-25-23-36(24-26-37)40-20-12-22-45(30-40)52-54-50(38-15-7-4-8-16-38)34-51(55-52)44-21-11-19-39(29-44)35-13-5-3-6-14-35/h3-34H,1-2H3. The highest BCUT2D eigenvalue weighted by molar-refractivity contribution is 5.94. The number of fused-ring (bicyclic) bond motifs is 4. The third-order valence-corrected chi connectivity index (χ3v) is 11.3. The van der Waals surface area contributed by atoms with Crippen LogP contribution in [0.1, 0.15) is 25.0 Å². The summed E-state index contributed by atoms with van der Waals surface area (Å²) in [5.41, 5.74) is 17.4. The van der Waals surface area contributed by atoms with E-state index in [9.17, 15) is 0 Å². The Morgan fingerprint density at radius 1 is 0.309 bits per heavy atom. The molecule has 0 saturated heterocycles. The lowest BCUT2D eigenvalue weighted by Gasteiger charge is -2.22. The zero-order valence-electron chi connectivity index (χ0n) is 30.9. The van der Waals surface area contributed by atoms with Crippen molar-refractivity contribution in [2.75, 3.05) is 0 Å². The van der Waals surface area contributed by atoms with Crippen molar-refractivity contribution in [1.29, 1.82) is 0 Å². The first-order chi connectivity index (χ1) is 27.0. The summed E-state index contributed by atoms with van der Waals surface area (Å²) in [4.78, 5) is 10.3. The molecular formula is C53H38N2. The quantitative estimate of drug-likeness (QED) is 0.172. The predicted molar refractivity (Wildman–Crippen MR) is 230 cm³/mol. The van der Waals surface area contributed by atoms with Gasteiger partial charge < -0.3 is 0 Å². The summed E-state index contributed by atoms with van der Waals surface area (Å²) < 4.78 is 0. The van der Waals surface area contributed by atoms with Gasteiger partial charge in [0.2, 0.25) is 0 Å². The maximum Gasteiger partial charge on any atom is 0.160 e. The molecule has 0 unspecified atom stereocenters. The largest absolute Gasteiger partial charge is 0.228 e. The van der Waals surface area contributed by atoms with Gasteiger partial charge in [0.05, 0.1) is 11.4 Å². The van der Waals surface area contributed by atoms with Crippen molar-refractivity contribution in [1.82, 2.24) is 9.97 Å². The zero-order chi connectivity index (χ0) is 36.9.